The molecule has 2 aromatic rings. The fourth-order valence-corrected chi connectivity index (χ4v) is 3.70. The highest BCUT2D eigenvalue weighted by molar-refractivity contribution is 5.88. The highest BCUT2D eigenvalue weighted by atomic mass is 16.2. The Labute approximate surface area is 160 Å². The van der Waals surface area contributed by atoms with Crippen molar-refractivity contribution in [3.8, 4) is 0 Å². The van der Waals surface area contributed by atoms with Crippen LogP contribution in [0.1, 0.15) is 31.4 Å². The van der Waals surface area contributed by atoms with Gasteiger partial charge < -0.3 is 15.5 Å². The molecular weight excluding hydrogens is 338 g/mol. The smallest absolute Gasteiger partial charge is 0.318 e. The van der Waals surface area contributed by atoms with E-state index in [1.165, 1.54) is 0 Å². The quantitative estimate of drug-likeness (QED) is 0.856. The van der Waals surface area contributed by atoms with Crippen LogP contribution in [0.5, 0.6) is 0 Å². The predicted octanol–water partition coefficient (Wildman–Crippen LogP) is 2.91. The number of hydrogen-bond acceptors (Lipinski definition) is 2. The molecule has 5 heteroatoms. The van der Waals surface area contributed by atoms with Crippen molar-refractivity contribution in [2.45, 2.75) is 31.7 Å². The summed E-state index contributed by atoms with van der Waals surface area (Å²) in [4.78, 5) is 26.6. The van der Waals surface area contributed by atoms with Gasteiger partial charge in [-0.1, -0.05) is 67.6 Å². The molecule has 0 saturated carbocycles. The predicted molar refractivity (Wildman–Crippen MR) is 107 cm³/mol. The molecule has 142 valence electrons. The standard InChI is InChI=1S/C22H27N3O2/c1-3-19-20(26)23-14-15-25(19)21(27)24-16-22(2,17-10-6-4-7-11-17)18-12-8-5-9-13-18/h4-13,19H,3,14-16H2,1-2H3,(H,23,26)(H,24,27)/t19-/m0/s1. The summed E-state index contributed by atoms with van der Waals surface area (Å²) >= 11 is 0. The molecule has 0 spiro atoms. The van der Waals surface area contributed by atoms with Gasteiger partial charge in [0.2, 0.25) is 5.91 Å². The molecule has 1 saturated heterocycles. The monoisotopic (exact) mass is 365 g/mol. The first-order valence-electron chi connectivity index (χ1n) is 9.49. The lowest BCUT2D eigenvalue weighted by molar-refractivity contribution is -0.127. The van der Waals surface area contributed by atoms with Gasteiger partial charge in [-0.25, -0.2) is 4.79 Å². The third-order valence-electron chi connectivity index (χ3n) is 5.39. The first kappa shape index (κ1) is 19.0. The van der Waals surface area contributed by atoms with Gasteiger partial charge in [0.25, 0.3) is 0 Å². The van der Waals surface area contributed by atoms with Gasteiger partial charge in [-0.2, -0.15) is 0 Å². The average molecular weight is 365 g/mol. The molecule has 3 rings (SSSR count). The fraction of sp³-hybridized carbons (Fsp3) is 0.364. The van der Waals surface area contributed by atoms with Crippen LogP contribution in [-0.2, 0) is 10.2 Å². The van der Waals surface area contributed by atoms with Crippen molar-refractivity contribution in [1.29, 1.82) is 0 Å². The van der Waals surface area contributed by atoms with Crippen molar-refractivity contribution in [2.75, 3.05) is 19.6 Å². The summed E-state index contributed by atoms with van der Waals surface area (Å²) in [5.74, 6) is -0.0761. The van der Waals surface area contributed by atoms with Gasteiger partial charge in [0.05, 0.1) is 0 Å². The minimum absolute atomic E-state index is 0.0761. The Morgan fingerprint density at radius 3 is 2.19 bits per heavy atom. The van der Waals surface area contributed by atoms with Crippen molar-refractivity contribution < 1.29 is 9.59 Å². The molecule has 1 aliphatic rings. The summed E-state index contributed by atoms with van der Waals surface area (Å²) in [6.07, 6.45) is 0.605. The largest absolute Gasteiger partial charge is 0.353 e. The summed E-state index contributed by atoms with van der Waals surface area (Å²) in [5.41, 5.74) is 1.91. The lowest BCUT2D eigenvalue weighted by Gasteiger charge is -2.36. The van der Waals surface area contributed by atoms with E-state index >= 15 is 0 Å². The minimum atomic E-state index is -0.404. The number of carbonyl (C=O) groups is 2. The van der Waals surface area contributed by atoms with E-state index in [1.807, 2.05) is 43.3 Å². The molecule has 2 N–H and O–H groups in total. The van der Waals surface area contributed by atoms with Crippen LogP contribution in [0.15, 0.2) is 60.7 Å². The number of nitrogens with zero attached hydrogens (tertiary/aromatic N) is 1. The number of benzene rings is 2. The van der Waals surface area contributed by atoms with Crippen LogP contribution in [-0.4, -0.2) is 42.5 Å². The van der Waals surface area contributed by atoms with Crippen LogP contribution < -0.4 is 10.6 Å². The van der Waals surface area contributed by atoms with Crippen LogP contribution in [0.2, 0.25) is 0 Å². The topological polar surface area (TPSA) is 61.4 Å². The Hall–Kier alpha value is -2.82. The Bertz CT molecular complexity index is 737. The normalized spacial score (nSPS) is 17.3. The van der Waals surface area contributed by atoms with E-state index in [4.69, 9.17) is 0 Å². The molecule has 0 aliphatic carbocycles. The van der Waals surface area contributed by atoms with Gasteiger partial charge in [-0.3, -0.25) is 4.79 Å². The van der Waals surface area contributed by atoms with Gasteiger partial charge in [0, 0.05) is 25.0 Å². The van der Waals surface area contributed by atoms with E-state index in [0.717, 1.165) is 11.1 Å². The van der Waals surface area contributed by atoms with Crippen molar-refractivity contribution in [3.05, 3.63) is 71.8 Å². The van der Waals surface area contributed by atoms with Crippen molar-refractivity contribution in [2.24, 2.45) is 0 Å². The molecule has 5 nitrogen and oxygen atoms in total. The number of carbonyl (C=O) groups excluding carboxylic acids is 2. The third kappa shape index (κ3) is 3.97. The highest BCUT2D eigenvalue weighted by Crippen LogP contribution is 2.31. The zero-order valence-electron chi connectivity index (χ0n) is 15.9. The molecule has 3 amide bonds. The first-order chi connectivity index (χ1) is 13.1. The van der Waals surface area contributed by atoms with E-state index < -0.39 is 6.04 Å². The molecule has 1 atom stereocenters. The molecule has 1 aliphatic heterocycles. The van der Waals surface area contributed by atoms with E-state index in [-0.39, 0.29) is 17.4 Å². The third-order valence-corrected chi connectivity index (χ3v) is 5.39. The summed E-state index contributed by atoms with van der Waals surface area (Å²) in [6.45, 7) is 5.54. The fourth-order valence-electron chi connectivity index (χ4n) is 3.70. The van der Waals surface area contributed by atoms with Gasteiger partial charge in [0.15, 0.2) is 0 Å². The molecule has 0 bridgehead atoms. The maximum Gasteiger partial charge on any atom is 0.318 e. The number of nitrogens with one attached hydrogen (secondary N) is 2. The summed E-state index contributed by atoms with van der Waals surface area (Å²) in [7, 11) is 0. The Morgan fingerprint density at radius 2 is 1.67 bits per heavy atom. The second-order valence-electron chi connectivity index (χ2n) is 7.13. The Kier molecular flexibility index (Phi) is 5.79. The number of rotatable bonds is 5. The van der Waals surface area contributed by atoms with E-state index in [2.05, 4.69) is 41.8 Å². The van der Waals surface area contributed by atoms with Gasteiger partial charge >= 0.3 is 6.03 Å². The number of urea groups is 1. The second-order valence-corrected chi connectivity index (χ2v) is 7.13. The highest BCUT2D eigenvalue weighted by Gasteiger charge is 2.34. The van der Waals surface area contributed by atoms with Crippen LogP contribution in [0.3, 0.4) is 0 Å². The molecule has 2 aromatic carbocycles. The Balaban J connectivity index is 1.81. The zero-order chi connectivity index (χ0) is 19.3. The molecule has 0 unspecified atom stereocenters. The van der Waals surface area contributed by atoms with Crippen LogP contribution in [0.25, 0.3) is 0 Å². The van der Waals surface area contributed by atoms with Crippen molar-refractivity contribution >= 4 is 11.9 Å². The summed E-state index contributed by atoms with van der Waals surface area (Å²) in [6, 6.07) is 19.8. The van der Waals surface area contributed by atoms with Crippen LogP contribution in [0.4, 0.5) is 4.79 Å². The van der Waals surface area contributed by atoms with Gasteiger partial charge in [0.1, 0.15) is 6.04 Å². The maximum absolute atomic E-state index is 12.9. The van der Waals surface area contributed by atoms with E-state index in [0.29, 0.717) is 26.1 Å². The van der Waals surface area contributed by atoms with Crippen molar-refractivity contribution in [3.63, 3.8) is 0 Å². The molecule has 1 heterocycles. The number of amides is 3. The summed E-state index contributed by atoms with van der Waals surface area (Å²) < 4.78 is 0. The molecule has 0 aromatic heterocycles. The van der Waals surface area contributed by atoms with Crippen LogP contribution in [0, 0.1) is 0 Å². The Morgan fingerprint density at radius 1 is 1.11 bits per heavy atom. The maximum atomic E-state index is 12.9. The molecule has 0 radical (unpaired) electrons. The van der Waals surface area contributed by atoms with Gasteiger partial charge in [-0.05, 0) is 24.5 Å². The molecule has 27 heavy (non-hydrogen) atoms. The summed E-state index contributed by atoms with van der Waals surface area (Å²) in [5, 5.41) is 5.91. The van der Waals surface area contributed by atoms with E-state index in [1.54, 1.807) is 4.90 Å². The second kappa shape index (κ2) is 8.25. The average Bonchev–Trinajstić information content (AvgIpc) is 2.73. The SMILES string of the molecule is CC[C@H]1C(=O)NCCN1C(=O)NCC(C)(c1ccccc1)c1ccccc1. The van der Waals surface area contributed by atoms with E-state index in [9.17, 15) is 9.59 Å². The molecular formula is C22H27N3O2. The van der Waals surface area contributed by atoms with Crippen LogP contribution >= 0.6 is 0 Å². The minimum Gasteiger partial charge on any atom is -0.353 e. The zero-order valence-corrected chi connectivity index (χ0v) is 15.9. The number of hydrogen-bond donors (Lipinski definition) is 2. The number of piperazine rings is 1. The lowest BCUT2D eigenvalue weighted by atomic mass is 9.76. The first-order valence-corrected chi connectivity index (χ1v) is 9.49. The molecule has 1 fully saturated rings. The van der Waals surface area contributed by atoms with Crippen molar-refractivity contribution in [1.82, 2.24) is 15.5 Å². The van der Waals surface area contributed by atoms with Gasteiger partial charge in [-0.15, -0.1) is 0 Å². The lowest BCUT2D eigenvalue weighted by Crippen LogP contribution is -2.60.